The van der Waals surface area contributed by atoms with Gasteiger partial charge in [-0.3, -0.25) is 0 Å². The third-order valence-electron chi connectivity index (χ3n) is 3.56. The lowest BCUT2D eigenvalue weighted by Crippen LogP contribution is -2.30. The largest absolute Gasteiger partial charge is 0.497 e. The minimum Gasteiger partial charge on any atom is -0.497 e. The van der Waals surface area contributed by atoms with E-state index in [9.17, 15) is 4.39 Å². The first-order valence-corrected chi connectivity index (χ1v) is 7.25. The number of likely N-dealkylation sites (N-methyl/N-ethyl adjacent to an activating group) is 1. The lowest BCUT2D eigenvalue weighted by atomic mass is 9.98. The highest BCUT2D eigenvalue weighted by Crippen LogP contribution is 2.22. The Morgan fingerprint density at radius 2 is 1.86 bits per heavy atom. The van der Waals surface area contributed by atoms with Crippen molar-refractivity contribution in [3.63, 3.8) is 0 Å². The van der Waals surface area contributed by atoms with E-state index in [1.54, 1.807) is 19.2 Å². The Labute approximate surface area is 129 Å². The van der Waals surface area contributed by atoms with Crippen LogP contribution in [0.15, 0.2) is 42.5 Å². The summed E-state index contributed by atoms with van der Waals surface area (Å²) in [6.07, 6.45) is 1.35. The Morgan fingerprint density at radius 1 is 1.14 bits per heavy atom. The van der Waals surface area contributed by atoms with Gasteiger partial charge in [0.2, 0.25) is 0 Å². The van der Waals surface area contributed by atoms with Crippen LogP contribution in [0.1, 0.15) is 11.1 Å². The molecule has 112 valence electrons. The maximum atomic E-state index is 13.9. The first-order valence-electron chi connectivity index (χ1n) is 6.87. The molecule has 0 saturated heterocycles. The molecule has 1 atom stereocenters. The van der Waals surface area contributed by atoms with E-state index < -0.39 is 0 Å². The summed E-state index contributed by atoms with van der Waals surface area (Å²) in [6.45, 7) is 0. The second-order valence-electron chi connectivity index (χ2n) is 4.94. The molecule has 0 aliphatic carbocycles. The fraction of sp³-hybridized carbons (Fsp3) is 0.294. The second-order valence-corrected chi connectivity index (χ2v) is 5.35. The third kappa shape index (κ3) is 4.19. The van der Waals surface area contributed by atoms with Crippen molar-refractivity contribution in [3.05, 3.63) is 64.4 Å². The Balaban J connectivity index is 2.09. The summed E-state index contributed by atoms with van der Waals surface area (Å²) in [5.41, 5.74) is 1.73. The van der Waals surface area contributed by atoms with Gasteiger partial charge in [0.25, 0.3) is 0 Å². The Kier molecular flexibility index (Phi) is 5.59. The van der Waals surface area contributed by atoms with Crippen LogP contribution in [0.4, 0.5) is 4.39 Å². The molecule has 0 amide bonds. The van der Waals surface area contributed by atoms with Crippen molar-refractivity contribution in [3.8, 4) is 5.75 Å². The zero-order valence-corrected chi connectivity index (χ0v) is 13.0. The lowest BCUT2D eigenvalue weighted by Gasteiger charge is -2.18. The van der Waals surface area contributed by atoms with Gasteiger partial charge in [-0.1, -0.05) is 29.8 Å². The molecule has 0 aliphatic rings. The average Bonchev–Trinajstić information content (AvgIpc) is 2.50. The molecular weight excluding hydrogens is 289 g/mol. The van der Waals surface area contributed by atoms with Crippen molar-refractivity contribution in [1.29, 1.82) is 0 Å². The van der Waals surface area contributed by atoms with E-state index >= 15 is 0 Å². The number of halogens is 2. The van der Waals surface area contributed by atoms with Crippen LogP contribution >= 0.6 is 11.6 Å². The molecule has 0 bridgehead atoms. The van der Waals surface area contributed by atoms with E-state index in [1.807, 2.05) is 31.3 Å². The van der Waals surface area contributed by atoms with E-state index in [0.717, 1.165) is 12.2 Å². The summed E-state index contributed by atoms with van der Waals surface area (Å²) >= 11 is 6.09. The standard InChI is InChI=1S/C17H19ClFNO/c1-20-13(10-12-6-8-14(21-2)9-7-12)11-15-16(18)4-3-5-17(15)19/h3-9,13,20H,10-11H2,1-2H3. The van der Waals surface area contributed by atoms with Crippen LogP contribution in [0.5, 0.6) is 5.75 Å². The molecule has 2 rings (SSSR count). The van der Waals surface area contributed by atoms with Crippen LogP contribution in [0.2, 0.25) is 5.02 Å². The van der Waals surface area contributed by atoms with Crippen molar-refractivity contribution in [2.24, 2.45) is 0 Å². The van der Waals surface area contributed by atoms with Gasteiger partial charge >= 0.3 is 0 Å². The quantitative estimate of drug-likeness (QED) is 0.875. The fourth-order valence-electron chi connectivity index (χ4n) is 2.30. The smallest absolute Gasteiger partial charge is 0.127 e. The third-order valence-corrected chi connectivity index (χ3v) is 3.92. The number of ether oxygens (including phenoxy) is 1. The predicted octanol–water partition coefficient (Wildman–Crippen LogP) is 3.86. The van der Waals surface area contributed by atoms with Crippen molar-refractivity contribution >= 4 is 11.6 Å². The van der Waals surface area contributed by atoms with Crippen LogP contribution in [-0.4, -0.2) is 20.2 Å². The van der Waals surface area contributed by atoms with Crippen LogP contribution in [0, 0.1) is 5.82 Å². The molecule has 0 spiro atoms. The number of nitrogens with one attached hydrogen (secondary N) is 1. The van der Waals surface area contributed by atoms with Gasteiger partial charge in [0.15, 0.2) is 0 Å². The molecule has 0 aliphatic heterocycles. The Hall–Kier alpha value is -1.58. The summed E-state index contributed by atoms with van der Waals surface area (Å²) in [6, 6.07) is 12.8. The molecule has 0 radical (unpaired) electrons. The molecule has 0 saturated carbocycles. The van der Waals surface area contributed by atoms with Crippen molar-refractivity contribution in [1.82, 2.24) is 5.32 Å². The van der Waals surface area contributed by atoms with E-state index in [4.69, 9.17) is 16.3 Å². The average molecular weight is 308 g/mol. The van der Waals surface area contributed by atoms with E-state index in [1.165, 1.54) is 11.6 Å². The molecule has 0 aromatic heterocycles. The van der Waals surface area contributed by atoms with Crippen LogP contribution < -0.4 is 10.1 Å². The topological polar surface area (TPSA) is 21.3 Å². The number of methoxy groups -OCH3 is 1. The highest BCUT2D eigenvalue weighted by Gasteiger charge is 2.14. The number of rotatable bonds is 6. The molecule has 2 nitrogen and oxygen atoms in total. The highest BCUT2D eigenvalue weighted by atomic mass is 35.5. The highest BCUT2D eigenvalue weighted by molar-refractivity contribution is 6.31. The van der Waals surface area contributed by atoms with Crippen molar-refractivity contribution in [2.75, 3.05) is 14.2 Å². The second kappa shape index (κ2) is 7.43. The van der Waals surface area contributed by atoms with Gasteiger partial charge < -0.3 is 10.1 Å². The summed E-state index contributed by atoms with van der Waals surface area (Å²) < 4.78 is 19.0. The number of benzene rings is 2. The summed E-state index contributed by atoms with van der Waals surface area (Å²) in [5, 5.41) is 3.70. The maximum absolute atomic E-state index is 13.9. The summed E-state index contributed by atoms with van der Waals surface area (Å²) in [4.78, 5) is 0. The van der Waals surface area contributed by atoms with Crippen molar-refractivity contribution < 1.29 is 9.13 Å². The van der Waals surface area contributed by atoms with Gasteiger partial charge in [-0.25, -0.2) is 4.39 Å². The first kappa shape index (κ1) is 15.8. The molecule has 0 fully saturated rings. The Morgan fingerprint density at radius 3 is 2.43 bits per heavy atom. The lowest BCUT2D eigenvalue weighted by molar-refractivity contribution is 0.414. The SMILES string of the molecule is CNC(Cc1ccc(OC)cc1)Cc1c(F)cccc1Cl. The molecule has 2 aromatic carbocycles. The Bertz CT molecular complexity index is 566. The van der Waals surface area contributed by atoms with Gasteiger partial charge in [0, 0.05) is 16.6 Å². The summed E-state index contributed by atoms with van der Waals surface area (Å²) in [7, 11) is 3.52. The zero-order chi connectivity index (χ0) is 15.2. The van der Waals surface area contributed by atoms with Crippen LogP contribution in [-0.2, 0) is 12.8 Å². The molecule has 0 heterocycles. The predicted molar refractivity (Wildman–Crippen MR) is 84.7 cm³/mol. The molecule has 1 unspecified atom stereocenters. The van der Waals surface area contributed by atoms with Crippen LogP contribution in [0.25, 0.3) is 0 Å². The van der Waals surface area contributed by atoms with Crippen LogP contribution in [0.3, 0.4) is 0 Å². The molecule has 4 heteroatoms. The first-order chi connectivity index (χ1) is 10.1. The van der Waals surface area contributed by atoms with E-state index in [-0.39, 0.29) is 11.9 Å². The minimum absolute atomic E-state index is 0.118. The monoisotopic (exact) mass is 307 g/mol. The zero-order valence-electron chi connectivity index (χ0n) is 12.2. The van der Waals surface area contributed by atoms with Gasteiger partial charge in [0.05, 0.1) is 7.11 Å². The molecule has 1 N–H and O–H groups in total. The fourth-order valence-corrected chi connectivity index (χ4v) is 2.54. The normalized spacial score (nSPS) is 12.2. The van der Waals surface area contributed by atoms with E-state index in [0.29, 0.717) is 17.0 Å². The van der Waals surface area contributed by atoms with Gasteiger partial charge in [-0.15, -0.1) is 0 Å². The van der Waals surface area contributed by atoms with Gasteiger partial charge in [-0.05, 0) is 49.7 Å². The number of hydrogen-bond acceptors (Lipinski definition) is 2. The van der Waals surface area contributed by atoms with Crippen molar-refractivity contribution in [2.45, 2.75) is 18.9 Å². The van der Waals surface area contributed by atoms with Gasteiger partial charge in [0.1, 0.15) is 11.6 Å². The van der Waals surface area contributed by atoms with Gasteiger partial charge in [-0.2, -0.15) is 0 Å². The molecule has 2 aromatic rings. The molecular formula is C17H19ClFNO. The van der Waals surface area contributed by atoms with E-state index in [2.05, 4.69) is 5.32 Å². The number of hydrogen-bond donors (Lipinski definition) is 1. The molecule has 21 heavy (non-hydrogen) atoms. The summed E-state index contributed by atoms with van der Waals surface area (Å²) in [5.74, 6) is 0.578. The minimum atomic E-state index is -0.252. The maximum Gasteiger partial charge on any atom is 0.127 e.